The fourth-order valence-electron chi connectivity index (χ4n) is 17.1. The van der Waals surface area contributed by atoms with Crippen LogP contribution in [0.5, 0.6) is 0 Å². The number of rotatable bonds is 9. The highest BCUT2D eigenvalue weighted by Crippen LogP contribution is 2.59. The van der Waals surface area contributed by atoms with Gasteiger partial charge in [-0.15, -0.1) is 0 Å². The number of nitrogens with zero attached hydrogens (tertiary/aromatic N) is 3. The second kappa shape index (κ2) is 30.5. The van der Waals surface area contributed by atoms with Gasteiger partial charge in [0.15, 0.2) is 0 Å². The molecular formula is C122H140BN3. The van der Waals surface area contributed by atoms with E-state index in [0.717, 1.165) is 11.1 Å². The summed E-state index contributed by atoms with van der Waals surface area (Å²) in [5.41, 5.74) is -13.6. The van der Waals surface area contributed by atoms with Gasteiger partial charge in [0, 0.05) is 55.8 Å². The molecule has 0 atom stereocenters. The molecular weight excluding hydrogens is 1520 g/mol. The molecule has 0 fully saturated rings. The van der Waals surface area contributed by atoms with Crippen LogP contribution in [-0.4, -0.2) is 11.3 Å². The van der Waals surface area contributed by atoms with Crippen LogP contribution in [0, 0.1) is 0 Å². The molecule has 2 aliphatic heterocycles. The van der Waals surface area contributed by atoms with E-state index in [2.05, 4.69) is 59.7 Å². The highest BCUT2D eigenvalue weighted by Gasteiger charge is 2.48. The lowest BCUT2D eigenvalue weighted by Gasteiger charge is -2.46. The van der Waals surface area contributed by atoms with Gasteiger partial charge in [0.2, 0.25) is 0 Å². The Labute approximate surface area is 800 Å². The molecule has 0 saturated heterocycles. The fraction of sp³-hybridized carbons (Fsp3) is 0.361. The average Bonchev–Trinajstić information content (AvgIpc) is 0.964. The van der Waals surface area contributed by atoms with Gasteiger partial charge in [-0.1, -0.05) is 416 Å². The summed E-state index contributed by atoms with van der Waals surface area (Å²) >= 11 is 0. The molecule has 3 nitrogen and oxygen atoms in total. The van der Waals surface area contributed by atoms with Crippen molar-refractivity contribution in [1.29, 1.82) is 0 Å². The summed E-state index contributed by atoms with van der Waals surface area (Å²) in [5.74, 6) is 0. The van der Waals surface area contributed by atoms with Crippen LogP contribution in [0.3, 0.4) is 0 Å². The predicted octanol–water partition coefficient (Wildman–Crippen LogP) is 33.1. The summed E-state index contributed by atoms with van der Waals surface area (Å²) in [6, 6.07) is 1.79. The summed E-state index contributed by atoms with van der Waals surface area (Å²) in [6.45, 7) is 59.6. The van der Waals surface area contributed by atoms with E-state index in [-0.39, 0.29) is 168 Å². The number of hydrogen-bond donors (Lipinski definition) is 0. The van der Waals surface area contributed by atoms with Crippen LogP contribution >= 0.6 is 0 Å². The number of para-hydroxylation sites is 2. The largest absolute Gasteiger partial charge is 0.310 e. The maximum atomic E-state index is 12.0. The third-order valence-corrected chi connectivity index (χ3v) is 24.3. The minimum Gasteiger partial charge on any atom is -0.310 e. The molecule has 646 valence electrons. The summed E-state index contributed by atoms with van der Waals surface area (Å²) in [5, 5.41) is -0.833. The van der Waals surface area contributed by atoms with E-state index in [0.29, 0.717) is 11.1 Å². The first kappa shape index (κ1) is 58.6. The minimum absolute atomic E-state index is 0.00813. The highest BCUT2D eigenvalue weighted by atomic mass is 15.2. The summed E-state index contributed by atoms with van der Waals surface area (Å²) < 4.78 is 321. The molecule has 0 aliphatic carbocycles. The quantitative estimate of drug-likeness (QED) is 0.133. The second-order valence-corrected chi connectivity index (χ2v) is 46.1. The third kappa shape index (κ3) is 16.3. The standard InChI is InChI=1S/C122H140BN3/c1-112(2,3)81-54-50-76(51-55-81)93-68-88(119(22,23)24)71-96(108-97(120(25,26)27)46-41-47-98(108)121(28,29)30)111(93)126-105-65-78(79-60-83(114(7,8)9)66-84(61-79)115(10,11)12)53-59-101(105)123-100-58-52-77(75-42-35-34-36-43-75)64-104(100)125(106-73-89(74-107(126)109(106)123)124-102-48-39-37-44-91(102)92-45-38-40-49-103(92)124)110-94(80-62-85(116(13,14)15)67-86(63-80)117(16,17)18)69-87(118(19,20)21)70-95(110)90-57-56-82(113(4,5)6)72-99(90)122(31,32)33/h34-74H,1-33H3/i34D,35D,36D,37D,38D,39D,40D,41D,42D,43D,44D,45D,46D,47D,48D,49D,50D,51D,54D,55D,56D,57D,62D,63D,67D,68D,69D,70D,71D,72D. The van der Waals surface area contributed by atoms with Gasteiger partial charge in [-0.05, 0) is 242 Å². The van der Waals surface area contributed by atoms with Crippen molar-refractivity contribution in [2.24, 2.45) is 0 Å². The monoisotopic (exact) mass is 1690 g/mol. The lowest BCUT2D eigenvalue weighted by atomic mass is 9.33. The zero-order valence-electron chi connectivity index (χ0n) is 110. The normalized spacial score (nSPS) is 17.2. The first-order valence-electron chi connectivity index (χ1n) is 59.2. The van der Waals surface area contributed by atoms with Crippen molar-refractivity contribution in [1.82, 2.24) is 4.57 Å². The molecule has 0 N–H and O–H groups in total. The zero-order valence-corrected chi connectivity index (χ0v) is 80.3. The molecule has 0 saturated carbocycles. The summed E-state index contributed by atoms with van der Waals surface area (Å²) in [4.78, 5) is 3.32. The Morgan fingerprint density at radius 1 is 0.238 bits per heavy atom. The smallest absolute Gasteiger partial charge is 0.252 e. The van der Waals surface area contributed by atoms with Gasteiger partial charge in [0.25, 0.3) is 6.71 Å². The minimum atomic E-state index is -1.44. The van der Waals surface area contributed by atoms with Crippen molar-refractivity contribution in [3.05, 3.63) is 309 Å². The van der Waals surface area contributed by atoms with E-state index in [1.807, 2.05) is 143 Å². The molecule has 0 unspecified atom stereocenters. The molecule has 4 heteroatoms. The molecule has 1 aromatic heterocycles. The maximum absolute atomic E-state index is 12.0. The number of hydrogen-bond acceptors (Lipinski definition) is 2. The molecule has 126 heavy (non-hydrogen) atoms. The molecule has 13 aromatic carbocycles. The van der Waals surface area contributed by atoms with E-state index >= 15 is 0 Å². The first-order chi connectivity index (χ1) is 71.0. The number of benzene rings is 13. The van der Waals surface area contributed by atoms with Gasteiger partial charge < -0.3 is 14.4 Å². The van der Waals surface area contributed by atoms with Crippen molar-refractivity contribution < 1.29 is 41.1 Å². The lowest BCUT2D eigenvalue weighted by Crippen LogP contribution is -2.61. The number of anilines is 6. The second-order valence-electron chi connectivity index (χ2n) is 46.1. The van der Waals surface area contributed by atoms with Crippen LogP contribution < -0.4 is 26.2 Å². The van der Waals surface area contributed by atoms with Crippen LogP contribution in [0.15, 0.2) is 248 Å². The average molecular weight is 1690 g/mol. The first-order valence-corrected chi connectivity index (χ1v) is 44.2. The lowest BCUT2D eigenvalue weighted by molar-refractivity contribution is 0.568. The van der Waals surface area contributed by atoms with Crippen molar-refractivity contribution in [3.63, 3.8) is 0 Å². The van der Waals surface area contributed by atoms with Gasteiger partial charge in [0.05, 0.1) is 69.2 Å². The highest BCUT2D eigenvalue weighted by molar-refractivity contribution is 7.00. The maximum Gasteiger partial charge on any atom is 0.252 e. The van der Waals surface area contributed by atoms with E-state index in [1.165, 1.54) is 4.57 Å². The van der Waals surface area contributed by atoms with Gasteiger partial charge in [0.1, 0.15) is 0 Å². The van der Waals surface area contributed by atoms with Crippen LogP contribution in [0.4, 0.5) is 34.1 Å². The van der Waals surface area contributed by atoms with Crippen molar-refractivity contribution in [2.45, 2.75) is 288 Å². The summed E-state index contributed by atoms with van der Waals surface area (Å²) in [6.07, 6.45) is 0. The molecule has 3 heterocycles. The van der Waals surface area contributed by atoms with Crippen LogP contribution in [0.1, 0.15) is 331 Å². The van der Waals surface area contributed by atoms with Crippen LogP contribution in [0.2, 0.25) is 0 Å². The zero-order chi connectivity index (χ0) is 117. The van der Waals surface area contributed by atoms with Crippen molar-refractivity contribution in [3.8, 4) is 72.4 Å². The van der Waals surface area contributed by atoms with E-state index in [1.54, 1.807) is 102 Å². The Bertz CT molecular complexity index is 8310. The number of fused-ring (bicyclic) bond motifs is 7. The topological polar surface area (TPSA) is 11.4 Å². The Hall–Kier alpha value is -10.7. The van der Waals surface area contributed by atoms with Gasteiger partial charge >= 0.3 is 0 Å². The molecule has 16 rings (SSSR count). The number of aromatic nitrogens is 1. The van der Waals surface area contributed by atoms with E-state index in [4.69, 9.17) is 0 Å². The van der Waals surface area contributed by atoms with Gasteiger partial charge in [-0.25, -0.2) is 0 Å². The molecule has 0 spiro atoms. The molecule has 0 amide bonds. The van der Waals surface area contributed by atoms with Gasteiger partial charge in [-0.2, -0.15) is 0 Å². The Balaban J connectivity index is 1.38. The van der Waals surface area contributed by atoms with Crippen LogP contribution in [0.25, 0.3) is 94.3 Å². The van der Waals surface area contributed by atoms with E-state index < -0.39 is 263 Å². The van der Waals surface area contributed by atoms with Crippen LogP contribution in [-0.2, 0) is 59.6 Å². The molecule has 0 bridgehead atoms. The van der Waals surface area contributed by atoms with E-state index in [9.17, 15) is 41.1 Å². The third-order valence-electron chi connectivity index (χ3n) is 24.3. The fourth-order valence-corrected chi connectivity index (χ4v) is 17.1. The van der Waals surface area contributed by atoms with Crippen molar-refractivity contribution >= 4 is 79.0 Å². The van der Waals surface area contributed by atoms with Gasteiger partial charge in [-0.3, -0.25) is 0 Å². The Morgan fingerprint density at radius 2 is 0.627 bits per heavy atom. The molecule has 14 aromatic rings. The molecule has 0 radical (unpaired) electrons. The molecule has 2 aliphatic rings. The predicted molar refractivity (Wildman–Crippen MR) is 553 cm³/mol. The Morgan fingerprint density at radius 3 is 1.07 bits per heavy atom. The SMILES string of the molecule is [2H]c1c([2H])c([2H])c(-c2ccc3c(c2)N(c2c(-c4c([2H])c(C(C)(C)C)c([2H])c(C(C)(C)C)c4[2H])c([2H])c(C(C)(C)C)c([2H])c2-c2c([2H])c([2H])c(C(C)(C)C)c([2H])c2C(C)(C)C)c2cc(-n4c5c([2H])c([2H])c([2H])c([2H])c5c5c([2H])c([2H])c([2H])c([2H])c54)cc4c2B3c2ccc(-c3cc(C(C)(C)C)cc(C(C)(C)C)c3)cc2N4c2c(-c3c([2H])c([2H])c(C(C)(C)C)c([2H])c3[2H])c([2H])c(C(C)(C)C)c([2H])c2-c2c(C(C)(C)C)c([2H])c([2H])c([2H])c2C(C)(C)C)c([2H])c1[2H]. The Kier molecular flexibility index (Phi) is 14.2. The summed E-state index contributed by atoms with van der Waals surface area (Å²) in [7, 11) is 0. The van der Waals surface area contributed by atoms with Crippen molar-refractivity contribution in [2.75, 3.05) is 9.80 Å².